The number of hydrogen-bond acceptors (Lipinski definition) is 6. The number of aliphatic hydroxyl groups excluding tert-OH is 1. The normalized spacial score (nSPS) is 20.3. The Kier molecular flexibility index (Phi) is 3.62. The predicted octanol–water partition coefficient (Wildman–Crippen LogP) is 1.33. The monoisotopic (exact) mass is 295 g/mol. The van der Waals surface area contributed by atoms with E-state index in [1.165, 1.54) is 23.1 Å². The van der Waals surface area contributed by atoms with Crippen molar-refractivity contribution >= 4 is 23.1 Å². The quantitative estimate of drug-likeness (QED) is 0.849. The highest BCUT2D eigenvalue weighted by molar-refractivity contribution is 7.14. The minimum atomic E-state index is -0.993. The van der Waals surface area contributed by atoms with Crippen LogP contribution in [0, 0.1) is 5.92 Å². The van der Waals surface area contributed by atoms with Gasteiger partial charge in [0.05, 0.1) is 0 Å². The van der Waals surface area contributed by atoms with Gasteiger partial charge in [-0.2, -0.15) is 0 Å². The molecule has 0 radical (unpaired) electrons. The molecule has 0 spiro atoms. The molecule has 1 atom stereocenters. The van der Waals surface area contributed by atoms with Gasteiger partial charge < -0.3 is 9.84 Å². The van der Waals surface area contributed by atoms with Crippen molar-refractivity contribution in [2.75, 3.05) is 6.54 Å². The lowest BCUT2D eigenvalue weighted by molar-refractivity contribution is -0.139. The molecule has 1 saturated carbocycles. The highest BCUT2D eigenvalue weighted by atomic mass is 32.1. The molecule has 3 rings (SSSR count). The zero-order valence-corrected chi connectivity index (χ0v) is 12.1. The minimum absolute atomic E-state index is 0.0520. The van der Waals surface area contributed by atoms with E-state index in [2.05, 4.69) is 0 Å². The van der Waals surface area contributed by atoms with Gasteiger partial charge in [-0.3, -0.25) is 14.5 Å². The van der Waals surface area contributed by atoms with Crippen molar-refractivity contribution < 1.29 is 19.4 Å². The van der Waals surface area contributed by atoms with Crippen molar-refractivity contribution in [2.24, 2.45) is 5.92 Å². The predicted molar refractivity (Wildman–Crippen MR) is 73.5 cm³/mol. The van der Waals surface area contributed by atoms with E-state index in [4.69, 9.17) is 4.74 Å². The molecule has 1 aromatic rings. The summed E-state index contributed by atoms with van der Waals surface area (Å²) in [5.41, 5.74) is 1.04. The first kappa shape index (κ1) is 13.7. The summed E-state index contributed by atoms with van der Waals surface area (Å²) >= 11 is 1.47. The fourth-order valence-corrected chi connectivity index (χ4v) is 3.54. The number of rotatable bonds is 4. The van der Waals surface area contributed by atoms with Crippen LogP contribution in [0.2, 0.25) is 0 Å². The summed E-state index contributed by atoms with van der Waals surface area (Å²) in [5.74, 6) is -0.321. The van der Waals surface area contributed by atoms with Gasteiger partial charge in [0.25, 0.3) is 0 Å². The second-order valence-corrected chi connectivity index (χ2v) is 6.48. The maximum atomic E-state index is 11.9. The van der Waals surface area contributed by atoms with Gasteiger partial charge in [-0.1, -0.05) is 0 Å². The van der Waals surface area contributed by atoms with Crippen LogP contribution in [0.3, 0.4) is 0 Å². The van der Waals surface area contributed by atoms with Gasteiger partial charge in [0.15, 0.2) is 17.1 Å². The van der Waals surface area contributed by atoms with E-state index in [9.17, 15) is 14.7 Å². The third-order valence-corrected chi connectivity index (χ3v) is 4.81. The Labute approximate surface area is 121 Å². The van der Waals surface area contributed by atoms with E-state index in [1.807, 2.05) is 6.07 Å². The zero-order chi connectivity index (χ0) is 14.3. The van der Waals surface area contributed by atoms with Crippen molar-refractivity contribution in [3.8, 4) is 5.06 Å². The molecule has 108 valence electrons. The summed E-state index contributed by atoms with van der Waals surface area (Å²) < 4.78 is 5.09. The van der Waals surface area contributed by atoms with Crippen molar-refractivity contribution in [3.63, 3.8) is 0 Å². The van der Waals surface area contributed by atoms with Crippen LogP contribution in [0.25, 0.3) is 0 Å². The first-order chi connectivity index (χ1) is 9.54. The molecular formula is C14H17NO4S. The molecule has 1 fully saturated rings. The number of nitrogens with zero attached hydrogens (tertiary/aromatic N) is 1. The number of ether oxygens (including phenoxy) is 1. The molecule has 1 aromatic heterocycles. The fourth-order valence-electron chi connectivity index (χ4n) is 2.49. The van der Waals surface area contributed by atoms with E-state index in [0.717, 1.165) is 24.8 Å². The Balaban J connectivity index is 1.69. The van der Waals surface area contributed by atoms with E-state index >= 15 is 0 Å². The summed E-state index contributed by atoms with van der Waals surface area (Å²) in [6.07, 6.45) is 1.59. The maximum absolute atomic E-state index is 11.9. The molecule has 1 aliphatic carbocycles. The maximum Gasteiger partial charge on any atom is 0.308 e. The van der Waals surface area contributed by atoms with Crippen LogP contribution in [0.5, 0.6) is 5.06 Å². The molecule has 5 nitrogen and oxygen atoms in total. The van der Waals surface area contributed by atoms with Crippen LogP contribution >= 0.6 is 11.3 Å². The lowest BCUT2D eigenvalue weighted by Crippen LogP contribution is -2.44. The first-order valence-corrected chi connectivity index (χ1v) is 7.62. The number of thiophene rings is 1. The third kappa shape index (κ3) is 2.77. The summed E-state index contributed by atoms with van der Waals surface area (Å²) in [4.78, 5) is 25.8. The Bertz CT molecular complexity index is 549. The fraction of sp³-hybridized carbons (Fsp3) is 0.571. The standard InChI is InChI=1S/C14H17NO4S/c1-8(16)19-12-6-10-7-15(5-4-11(10)20-12)14(18)13(17)9-2-3-9/h6,9,14,18H,2-5,7H2,1H3. The second-order valence-electron chi connectivity index (χ2n) is 5.38. The number of aliphatic hydroxyl groups is 1. The zero-order valence-electron chi connectivity index (χ0n) is 11.3. The van der Waals surface area contributed by atoms with Crippen LogP contribution in [0.15, 0.2) is 6.07 Å². The number of Topliss-reactive ketones (excluding diaryl/α,β-unsaturated/α-hetero) is 1. The van der Waals surface area contributed by atoms with Gasteiger partial charge in [-0.25, -0.2) is 0 Å². The summed E-state index contributed by atoms with van der Waals surface area (Å²) in [5, 5.41) is 10.7. The van der Waals surface area contributed by atoms with Gasteiger partial charge in [-0.15, -0.1) is 11.3 Å². The molecule has 1 aliphatic heterocycles. The lowest BCUT2D eigenvalue weighted by Gasteiger charge is -2.30. The first-order valence-electron chi connectivity index (χ1n) is 6.80. The number of carbonyl (C=O) groups excluding carboxylic acids is 2. The molecule has 0 aromatic carbocycles. The van der Waals surface area contributed by atoms with Gasteiger partial charge in [-0.05, 0) is 30.9 Å². The highest BCUT2D eigenvalue weighted by Gasteiger charge is 2.37. The lowest BCUT2D eigenvalue weighted by atomic mass is 10.1. The van der Waals surface area contributed by atoms with Gasteiger partial charge in [0, 0.05) is 30.8 Å². The molecule has 0 saturated heterocycles. The average molecular weight is 295 g/mol. The minimum Gasteiger partial charge on any atom is -0.416 e. The van der Waals surface area contributed by atoms with E-state index < -0.39 is 6.23 Å². The summed E-state index contributed by atoms with van der Waals surface area (Å²) in [7, 11) is 0. The van der Waals surface area contributed by atoms with Gasteiger partial charge in [0.2, 0.25) is 0 Å². The number of esters is 1. The average Bonchev–Trinajstić information content (AvgIpc) is 3.16. The highest BCUT2D eigenvalue weighted by Crippen LogP contribution is 2.35. The van der Waals surface area contributed by atoms with Crippen LogP contribution in [-0.4, -0.2) is 34.5 Å². The third-order valence-electron chi connectivity index (χ3n) is 3.70. The van der Waals surface area contributed by atoms with Crippen LogP contribution in [0.4, 0.5) is 0 Å². The van der Waals surface area contributed by atoms with Crippen molar-refractivity contribution in [1.82, 2.24) is 4.90 Å². The molecule has 0 bridgehead atoms. The largest absolute Gasteiger partial charge is 0.416 e. The Morgan fingerprint density at radius 1 is 1.50 bits per heavy atom. The summed E-state index contributed by atoms with van der Waals surface area (Å²) in [6, 6.07) is 1.84. The Hall–Kier alpha value is -1.24. The Morgan fingerprint density at radius 3 is 2.90 bits per heavy atom. The number of carbonyl (C=O) groups is 2. The number of hydrogen-bond donors (Lipinski definition) is 1. The summed E-state index contributed by atoms with van der Waals surface area (Å²) in [6.45, 7) is 2.57. The number of fused-ring (bicyclic) bond motifs is 1. The van der Waals surface area contributed by atoms with Crippen LogP contribution in [-0.2, 0) is 22.6 Å². The van der Waals surface area contributed by atoms with Crippen molar-refractivity contribution in [1.29, 1.82) is 0 Å². The molecule has 2 heterocycles. The van der Waals surface area contributed by atoms with E-state index in [1.54, 1.807) is 4.90 Å². The van der Waals surface area contributed by atoms with Crippen molar-refractivity contribution in [3.05, 3.63) is 16.5 Å². The van der Waals surface area contributed by atoms with Crippen LogP contribution < -0.4 is 4.74 Å². The molecular weight excluding hydrogens is 278 g/mol. The van der Waals surface area contributed by atoms with Crippen LogP contribution in [0.1, 0.15) is 30.2 Å². The Morgan fingerprint density at radius 2 is 2.25 bits per heavy atom. The second kappa shape index (κ2) is 5.27. The SMILES string of the molecule is CC(=O)Oc1cc2c(s1)CCN(C(O)C(=O)C1CC1)C2. The molecule has 0 amide bonds. The van der Waals surface area contributed by atoms with Crippen molar-refractivity contribution in [2.45, 2.75) is 39.0 Å². The topological polar surface area (TPSA) is 66.8 Å². The van der Waals surface area contributed by atoms with E-state index in [0.29, 0.717) is 18.2 Å². The van der Waals surface area contributed by atoms with E-state index in [-0.39, 0.29) is 17.7 Å². The molecule has 20 heavy (non-hydrogen) atoms. The molecule has 2 aliphatic rings. The molecule has 6 heteroatoms. The number of ketones is 1. The molecule has 1 N–H and O–H groups in total. The molecule has 1 unspecified atom stereocenters. The smallest absolute Gasteiger partial charge is 0.308 e. The van der Waals surface area contributed by atoms with Gasteiger partial charge in [0.1, 0.15) is 0 Å². The van der Waals surface area contributed by atoms with Gasteiger partial charge >= 0.3 is 5.97 Å².